The number of furan rings is 1. The van der Waals surface area contributed by atoms with Gasteiger partial charge in [0.1, 0.15) is 0 Å². The van der Waals surface area contributed by atoms with E-state index in [0.29, 0.717) is 12.4 Å². The molecule has 0 aliphatic heterocycles. The zero-order chi connectivity index (χ0) is 9.84. The van der Waals surface area contributed by atoms with Gasteiger partial charge in [0.25, 0.3) is 0 Å². The smallest absolute Gasteiger partial charge is 0.371 e. The van der Waals surface area contributed by atoms with Crippen molar-refractivity contribution in [1.82, 2.24) is 0 Å². The second kappa shape index (κ2) is 3.80. The van der Waals surface area contributed by atoms with E-state index in [1.807, 2.05) is 0 Å². The van der Waals surface area contributed by atoms with Crippen molar-refractivity contribution in [3.63, 3.8) is 0 Å². The summed E-state index contributed by atoms with van der Waals surface area (Å²) in [6.45, 7) is 4.19. The minimum absolute atomic E-state index is 0.0501. The fourth-order valence-electron chi connectivity index (χ4n) is 0.931. The molecule has 0 spiro atoms. The van der Waals surface area contributed by atoms with Crippen molar-refractivity contribution in [1.29, 1.82) is 0 Å². The van der Waals surface area contributed by atoms with Crippen LogP contribution in [0, 0.1) is 0 Å². The van der Waals surface area contributed by atoms with Gasteiger partial charge in [0, 0.05) is 19.7 Å². The molecule has 0 aliphatic rings. The Bertz CT molecular complexity index is 316. The normalized spacial score (nSPS) is 9.62. The molecule has 0 fully saturated rings. The molecule has 4 nitrogen and oxygen atoms in total. The maximum absolute atomic E-state index is 10.5. The fraction of sp³-hybridized carbons (Fsp3) is 0.222. The van der Waals surface area contributed by atoms with Gasteiger partial charge < -0.3 is 14.4 Å². The molecule has 1 heterocycles. The minimum Gasteiger partial charge on any atom is -0.475 e. The van der Waals surface area contributed by atoms with Crippen molar-refractivity contribution < 1.29 is 14.3 Å². The second-order valence-corrected chi connectivity index (χ2v) is 2.61. The number of hydrogen-bond donors (Lipinski definition) is 1. The molecule has 1 aromatic heterocycles. The number of aromatic carboxylic acids is 1. The summed E-state index contributed by atoms with van der Waals surface area (Å²) in [6.07, 6.45) is 1.71. The molecule has 0 saturated heterocycles. The molecule has 0 radical (unpaired) electrons. The second-order valence-electron chi connectivity index (χ2n) is 2.61. The standard InChI is InChI=1S/C9H11NO3/c1-3-6-10(2)8-5-4-7(13-8)9(11)12/h3-5H,1,6H2,2H3,(H,11,12). The third kappa shape index (κ3) is 2.11. The van der Waals surface area contributed by atoms with Crippen LogP contribution in [-0.2, 0) is 0 Å². The van der Waals surface area contributed by atoms with Crippen LogP contribution in [0.5, 0.6) is 0 Å². The monoisotopic (exact) mass is 181 g/mol. The molecule has 13 heavy (non-hydrogen) atoms. The van der Waals surface area contributed by atoms with E-state index in [2.05, 4.69) is 6.58 Å². The zero-order valence-corrected chi connectivity index (χ0v) is 7.36. The van der Waals surface area contributed by atoms with Gasteiger partial charge in [-0.05, 0) is 6.07 Å². The summed E-state index contributed by atoms with van der Waals surface area (Å²) in [5, 5.41) is 8.58. The Morgan fingerprint density at radius 2 is 2.46 bits per heavy atom. The van der Waals surface area contributed by atoms with Gasteiger partial charge in [0.05, 0.1) is 0 Å². The van der Waals surface area contributed by atoms with Crippen LogP contribution in [0.4, 0.5) is 5.88 Å². The molecular weight excluding hydrogens is 170 g/mol. The highest BCUT2D eigenvalue weighted by molar-refractivity contribution is 5.84. The molecule has 1 rings (SSSR count). The quantitative estimate of drug-likeness (QED) is 0.717. The molecular formula is C9H11NO3. The molecule has 0 bridgehead atoms. The van der Waals surface area contributed by atoms with E-state index < -0.39 is 5.97 Å². The minimum atomic E-state index is -1.06. The number of anilines is 1. The van der Waals surface area contributed by atoms with Gasteiger partial charge in [-0.3, -0.25) is 0 Å². The number of nitrogens with zero attached hydrogens (tertiary/aromatic N) is 1. The lowest BCUT2D eigenvalue weighted by molar-refractivity contribution is 0.0663. The van der Waals surface area contributed by atoms with Crippen LogP contribution in [0.25, 0.3) is 0 Å². The van der Waals surface area contributed by atoms with Crippen LogP contribution in [0.2, 0.25) is 0 Å². The molecule has 0 amide bonds. The van der Waals surface area contributed by atoms with Crippen LogP contribution in [-0.4, -0.2) is 24.7 Å². The highest BCUT2D eigenvalue weighted by atomic mass is 16.4. The Morgan fingerprint density at radius 1 is 1.77 bits per heavy atom. The fourth-order valence-corrected chi connectivity index (χ4v) is 0.931. The van der Waals surface area contributed by atoms with E-state index in [0.717, 1.165) is 0 Å². The third-order valence-electron chi connectivity index (χ3n) is 1.58. The van der Waals surface area contributed by atoms with Crippen molar-refractivity contribution in [2.75, 3.05) is 18.5 Å². The summed E-state index contributed by atoms with van der Waals surface area (Å²) in [5.74, 6) is -0.582. The molecule has 1 N–H and O–H groups in total. The Kier molecular flexibility index (Phi) is 2.74. The molecule has 4 heteroatoms. The van der Waals surface area contributed by atoms with Crippen LogP contribution in [0.15, 0.2) is 29.2 Å². The van der Waals surface area contributed by atoms with E-state index in [4.69, 9.17) is 9.52 Å². The summed E-state index contributed by atoms with van der Waals surface area (Å²) in [6, 6.07) is 3.05. The van der Waals surface area contributed by atoms with Gasteiger partial charge in [0.15, 0.2) is 5.88 Å². The predicted molar refractivity (Wildman–Crippen MR) is 49.1 cm³/mol. The highest BCUT2D eigenvalue weighted by Gasteiger charge is 2.10. The lowest BCUT2D eigenvalue weighted by Gasteiger charge is -2.11. The molecule has 0 unspecified atom stereocenters. The van der Waals surface area contributed by atoms with Gasteiger partial charge >= 0.3 is 5.97 Å². The largest absolute Gasteiger partial charge is 0.475 e. The lowest BCUT2D eigenvalue weighted by Crippen LogP contribution is -2.15. The first-order chi connectivity index (χ1) is 6.15. The first-order valence-electron chi connectivity index (χ1n) is 3.80. The average molecular weight is 181 g/mol. The van der Waals surface area contributed by atoms with E-state index in [1.54, 1.807) is 24.1 Å². The van der Waals surface area contributed by atoms with E-state index in [1.165, 1.54) is 6.07 Å². The summed E-state index contributed by atoms with van der Waals surface area (Å²) in [4.78, 5) is 12.2. The Labute approximate surface area is 76.1 Å². The molecule has 0 saturated carbocycles. The van der Waals surface area contributed by atoms with Crippen molar-refractivity contribution in [2.24, 2.45) is 0 Å². The Balaban J connectivity index is 2.78. The van der Waals surface area contributed by atoms with E-state index in [9.17, 15) is 4.79 Å². The van der Waals surface area contributed by atoms with Crippen LogP contribution in [0.3, 0.4) is 0 Å². The number of hydrogen-bond acceptors (Lipinski definition) is 3. The van der Waals surface area contributed by atoms with Gasteiger partial charge in [-0.15, -0.1) is 6.58 Å². The Hall–Kier alpha value is -1.71. The van der Waals surface area contributed by atoms with Crippen molar-refractivity contribution in [3.05, 3.63) is 30.5 Å². The summed E-state index contributed by atoms with van der Waals surface area (Å²) in [5.41, 5.74) is 0. The molecule has 70 valence electrons. The Morgan fingerprint density at radius 3 is 2.92 bits per heavy atom. The van der Waals surface area contributed by atoms with Crippen LogP contribution < -0.4 is 4.90 Å². The van der Waals surface area contributed by atoms with Crippen LogP contribution >= 0.6 is 0 Å². The first kappa shape index (κ1) is 9.38. The molecule has 0 aromatic carbocycles. The van der Waals surface area contributed by atoms with Gasteiger partial charge in [0.2, 0.25) is 5.76 Å². The highest BCUT2D eigenvalue weighted by Crippen LogP contribution is 2.16. The van der Waals surface area contributed by atoms with Gasteiger partial charge in [-0.25, -0.2) is 4.79 Å². The SMILES string of the molecule is C=CCN(C)c1ccc(C(=O)O)o1. The number of carbonyl (C=O) groups is 1. The van der Waals surface area contributed by atoms with Crippen molar-refractivity contribution in [3.8, 4) is 0 Å². The first-order valence-corrected chi connectivity index (χ1v) is 3.80. The topological polar surface area (TPSA) is 53.7 Å². The zero-order valence-electron chi connectivity index (χ0n) is 7.36. The summed E-state index contributed by atoms with van der Waals surface area (Å²) < 4.78 is 5.04. The van der Waals surface area contributed by atoms with Crippen molar-refractivity contribution >= 4 is 11.9 Å². The third-order valence-corrected chi connectivity index (χ3v) is 1.58. The molecule has 0 aliphatic carbocycles. The molecule has 1 aromatic rings. The van der Waals surface area contributed by atoms with Gasteiger partial charge in [-0.1, -0.05) is 6.08 Å². The average Bonchev–Trinajstić information content (AvgIpc) is 2.52. The van der Waals surface area contributed by atoms with E-state index in [-0.39, 0.29) is 5.76 Å². The number of likely N-dealkylation sites (N-methyl/N-ethyl adjacent to an activating group) is 1. The van der Waals surface area contributed by atoms with Gasteiger partial charge in [-0.2, -0.15) is 0 Å². The molecule has 0 atom stereocenters. The number of carboxylic acids is 1. The predicted octanol–water partition coefficient (Wildman–Crippen LogP) is 1.60. The summed E-state index contributed by atoms with van der Waals surface area (Å²) in [7, 11) is 1.80. The summed E-state index contributed by atoms with van der Waals surface area (Å²) >= 11 is 0. The van der Waals surface area contributed by atoms with E-state index >= 15 is 0 Å². The maximum atomic E-state index is 10.5. The maximum Gasteiger partial charge on any atom is 0.371 e. The number of carboxylic acid groups (broad SMARTS) is 1. The van der Waals surface area contributed by atoms with Crippen LogP contribution in [0.1, 0.15) is 10.6 Å². The van der Waals surface area contributed by atoms with Crippen molar-refractivity contribution in [2.45, 2.75) is 0 Å². The lowest BCUT2D eigenvalue weighted by atomic mass is 10.4. The number of rotatable bonds is 4.